The van der Waals surface area contributed by atoms with E-state index in [0.29, 0.717) is 5.92 Å². The summed E-state index contributed by atoms with van der Waals surface area (Å²) in [5.41, 5.74) is 6.74. The van der Waals surface area contributed by atoms with Crippen molar-refractivity contribution in [1.29, 1.82) is 0 Å². The predicted molar refractivity (Wildman–Crippen MR) is 72.0 cm³/mol. The molecule has 0 fully saturated rings. The van der Waals surface area contributed by atoms with Crippen molar-refractivity contribution in [2.75, 3.05) is 25.5 Å². The summed E-state index contributed by atoms with van der Waals surface area (Å²) >= 11 is 3.46. The Morgan fingerprint density at radius 3 is 2.75 bits per heavy atom. The molecule has 1 atom stereocenters. The molecule has 1 unspecified atom stereocenters. The number of hydrogen-bond donors (Lipinski definition) is 2. The van der Waals surface area contributed by atoms with Crippen LogP contribution in [-0.2, 0) is 0 Å². The average molecular weight is 287 g/mol. The fourth-order valence-corrected chi connectivity index (χ4v) is 1.97. The van der Waals surface area contributed by atoms with Gasteiger partial charge in [0.1, 0.15) is 5.75 Å². The second kappa shape index (κ2) is 6.76. The van der Waals surface area contributed by atoms with Crippen LogP contribution in [-0.4, -0.2) is 20.2 Å². The standard InChI is InChI=1S/C12H19BrN2O/c1-3-9(7-14)8-15-10-4-5-12(16-2)11(13)6-10/h4-6,9,15H,3,7-8,14H2,1-2H3. The SMILES string of the molecule is CCC(CN)CNc1ccc(OC)c(Br)c1. The van der Waals surface area contributed by atoms with Crippen LogP contribution in [0.2, 0.25) is 0 Å². The summed E-state index contributed by atoms with van der Waals surface area (Å²) in [6.07, 6.45) is 1.10. The van der Waals surface area contributed by atoms with E-state index in [1.165, 1.54) is 0 Å². The molecular formula is C12H19BrN2O. The third-order valence-corrected chi connectivity index (χ3v) is 3.28. The molecule has 3 nitrogen and oxygen atoms in total. The number of nitrogens with one attached hydrogen (secondary N) is 1. The molecule has 0 bridgehead atoms. The minimum absolute atomic E-state index is 0.529. The Morgan fingerprint density at radius 2 is 2.25 bits per heavy atom. The molecule has 0 amide bonds. The average Bonchev–Trinajstić information content (AvgIpc) is 2.30. The summed E-state index contributed by atoms with van der Waals surface area (Å²) < 4.78 is 6.13. The van der Waals surface area contributed by atoms with Gasteiger partial charge in [0.05, 0.1) is 11.6 Å². The molecule has 0 heterocycles. The van der Waals surface area contributed by atoms with E-state index in [4.69, 9.17) is 10.5 Å². The summed E-state index contributed by atoms with van der Waals surface area (Å²) in [5.74, 6) is 1.37. The Kier molecular flexibility index (Phi) is 5.63. The molecule has 0 aliphatic rings. The lowest BCUT2D eigenvalue weighted by atomic mass is 10.1. The van der Waals surface area contributed by atoms with Crippen LogP contribution < -0.4 is 15.8 Å². The van der Waals surface area contributed by atoms with E-state index in [2.05, 4.69) is 28.2 Å². The van der Waals surface area contributed by atoms with Gasteiger partial charge >= 0.3 is 0 Å². The van der Waals surface area contributed by atoms with Crippen LogP contribution in [0.1, 0.15) is 13.3 Å². The minimum atomic E-state index is 0.529. The summed E-state index contributed by atoms with van der Waals surface area (Å²) in [5, 5.41) is 3.37. The monoisotopic (exact) mass is 286 g/mol. The van der Waals surface area contributed by atoms with Crippen LogP contribution in [0, 0.1) is 5.92 Å². The summed E-state index contributed by atoms with van der Waals surface area (Å²) in [7, 11) is 1.66. The third-order valence-electron chi connectivity index (χ3n) is 2.66. The van der Waals surface area contributed by atoms with Crippen LogP contribution in [0.15, 0.2) is 22.7 Å². The molecule has 3 N–H and O–H groups in total. The number of anilines is 1. The molecule has 0 spiro atoms. The van der Waals surface area contributed by atoms with Gasteiger partial charge in [-0.25, -0.2) is 0 Å². The van der Waals surface area contributed by atoms with Crippen LogP contribution in [0.25, 0.3) is 0 Å². The third kappa shape index (κ3) is 3.68. The van der Waals surface area contributed by atoms with Gasteiger partial charge in [-0.3, -0.25) is 0 Å². The van der Waals surface area contributed by atoms with E-state index in [9.17, 15) is 0 Å². The highest BCUT2D eigenvalue weighted by Gasteiger charge is 2.05. The smallest absolute Gasteiger partial charge is 0.133 e. The second-order valence-electron chi connectivity index (χ2n) is 3.74. The van der Waals surface area contributed by atoms with Gasteiger partial charge in [0.2, 0.25) is 0 Å². The van der Waals surface area contributed by atoms with E-state index in [0.717, 1.165) is 35.4 Å². The maximum absolute atomic E-state index is 5.65. The van der Waals surface area contributed by atoms with Crippen molar-refractivity contribution in [2.45, 2.75) is 13.3 Å². The minimum Gasteiger partial charge on any atom is -0.496 e. The number of ether oxygens (including phenoxy) is 1. The van der Waals surface area contributed by atoms with E-state index in [1.807, 2.05) is 18.2 Å². The first kappa shape index (κ1) is 13.3. The highest BCUT2D eigenvalue weighted by Crippen LogP contribution is 2.27. The molecule has 4 heteroatoms. The first-order valence-electron chi connectivity index (χ1n) is 5.48. The maximum atomic E-state index is 5.65. The Morgan fingerprint density at radius 1 is 1.50 bits per heavy atom. The van der Waals surface area contributed by atoms with Gasteiger partial charge < -0.3 is 15.8 Å². The van der Waals surface area contributed by atoms with Crippen LogP contribution in [0.4, 0.5) is 5.69 Å². The number of benzene rings is 1. The van der Waals surface area contributed by atoms with E-state index in [1.54, 1.807) is 7.11 Å². The Labute approximate surface area is 105 Å². The molecule has 90 valence electrons. The highest BCUT2D eigenvalue weighted by molar-refractivity contribution is 9.10. The van der Waals surface area contributed by atoms with Crippen molar-refractivity contribution in [1.82, 2.24) is 0 Å². The number of halogens is 1. The number of nitrogens with two attached hydrogens (primary N) is 1. The van der Waals surface area contributed by atoms with Crippen LogP contribution in [0.5, 0.6) is 5.75 Å². The highest BCUT2D eigenvalue weighted by atomic mass is 79.9. The molecule has 0 aliphatic carbocycles. The molecular weight excluding hydrogens is 268 g/mol. The molecule has 0 aromatic heterocycles. The topological polar surface area (TPSA) is 47.3 Å². The van der Waals surface area contributed by atoms with Crippen molar-refractivity contribution in [3.63, 3.8) is 0 Å². The summed E-state index contributed by atoms with van der Waals surface area (Å²) in [6.45, 7) is 3.79. The van der Waals surface area contributed by atoms with Gasteiger partial charge in [0, 0.05) is 12.2 Å². The molecule has 0 radical (unpaired) electrons. The van der Waals surface area contributed by atoms with Crippen molar-refractivity contribution in [2.24, 2.45) is 11.7 Å². The maximum Gasteiger partial charge on any atom is 0.133 e. The molecule has 0 saturated carbocycles. The van der Waals surface area contributed by atoms with Gasteiger partial charge in [-0.1, -0.05) is 13.3 Å². The quantitative estimate of drug-likeness (QED) is 0.845. The molecule has 0 aliphatic heterocycles. The van der Waals surface area contributed by atoms with Gasteiger partial charge in [-0.05, 0) is 46.6 Å². The van der Waals surface area contributed by atoms with Crippen LogP contribution in [0.3, 0.4) is 0 Å². The van der Waals surface area contributed by atoms with Crippen LogP contribution >= 0.6 is 15.9 Å². The van der Waals surface area contributed by atoms with Gasteiger partial charge in [-0.2, -0.15) is 0 Å². The van der Waals surface area contributed by atoms with Crippen molar-refractivity contribution in [3.05, 3.63) is 22.7 Å². The lowest BCUT2D eigenvalue weighted by molar-refractivity contribution is 0.412. The second-order valence-corrected chi connectivity index (χ2v) is 4.59. The summed E-state index contributed by atoms with van der Waals surface area (Å²) in [6, 6.07) is 5.96. The Balaban J connectivity index is 2.58. The largest absolute Gasteiger partial charge is 0.496 e. The zero-order valence-corrected chi connectivity index (χ0v) is 11.4. The molecule has 16 heavy (non-hydrogen) atoms. The first-order chi connectivity index (χ1) is 7.71. The Bertz CT molecular complexity index is 327. The van der Waals surface area contributed by atoms with Gasteiger partial charge in [0.25, 0.3) is 0 Å². The van der Waals surface area contributed by atoms with Gasteiger partial charge in [0.15, 0.2) is 0 Å². The van der Waals surface area contributed by atoms with Crippen molar-refractivity contribution >= 4 is 21.6 Å². The lowest BCUT2D eigenvalue weighted by Crippen LogP contribution is -2.22. The van der Waals surface area contributed by atoms with Crippen molar-refractivity contribution < 1.29 is 4.74 Å². The van der Waals surface area contributed by atoms with Crippen molar-refractivity contribution in [3.8, 4) is 5.75 Å². The van der Waals surface area contributed by atoms with E-state index >= 15 is 0 Å². The normalized spacial score (nSPS) is 12.2. The lowest BCUT2D eigenvalue weighted by Gasteiger charge is -2.14. The fourth-order valence-electron chi connectivity index (χ4n) is 1.43. The molecule has 0 saturated heterocycles. The fraction of sp³-hybridized carbons (Fsp3) is 0.500. The predicted octanol–water partition coefficient (Wildman–Crippen LogP) is 2.85. The molecule has 1 rings (SSSR count). The zero-order chi connectivity index (χ0) is 12.0. The van der Waals surface area contributed by atoms with E-state index < -0.39 is 0 Å². The summed E-state index contributed by atoms with van der Waals surface area (Å²) in [4.78, 5) is 0. The first-order valence-corrected chi connectivity index (χ1v) is 6.28. The zero-order valence-electron chi connectivity index (χ0n) is 9.79. The molecule has 1 aromatic rings. The van der Waals surface area contributed by atoms with E-state index in [-0.39, 0.29) is 0 Å². The number of hydrogen-bond acceptors (Lipinski definition) is 3. The van der Waals surface area contributed by atoms with Gasteiger partial charge in [-0.15, -0.1) is 0 Å². The molecule has 1 aromatic carbocycles. The number of rotatable bonds is 6. The Hall–Kier alpha value is -0.740. The number of methoxy groups -OCH3 is 1.